The highest BCUT2D eigenvalue weighted by molar-refractivity contribution is 7.89. The lowest BCUT2D eigenvalue weighted by molar-refractivity contribution is 0.339. The van der Waals surface area contributed by atoms with Gasteiger partial charge < -0.3 is 0 Å². The van der Waals surface area contributed by atoms with E-state index in [1.807, 2.05) is 12.1 Å². The van der Waals surface area contributed by atoms with Crippen LogP contribution in [0.3, 0.4) is 0 Å². The number of rotatable bonds is 5. The van der Waals surface area contributed by atoms with Crippen molar-refractivity contribution in [1.82, 2.24) is 4.31 Å². The zero-order chi connectivity index (χ0) is 16.1. The molecule has 1 saturated carbocycles. The van der Waals surface area contributed by atoms with Crippen LogP contribution in [0.1, 0.15) is 63.4 Å². The van der Waals surface area contributed by atoms with Gasteiger partial charge in [0.15, 0.2) is 0 Å². The van der Waals surface area contributed by atoms with Crippen molar-refractivity contribution >= 4 is 10.0 Å². The second-order valence-electron chi connectivity index (χ2n) is 7.15. The Morgan fingerprint density at radius 1 is 0.870 bits per heavy atom. The summed E-state index contributed by atoms with van der Waals surface area (Å²) < 4.78 is 26.9. The van der Waals surface area contributed by atoms with Crippen LogP contribution < -0.4 is 0 Å². The summed E-state index contributed by atoms with van der Waals surface area (Å²) >= 11 is 0. The van der Waals surface area contributed by atoms with Gasteiger partial charge in [0.2, 0.25) is 10.0 Å². The Labute approximate surface area is 141 Å². The van der Waals surface area contributed by atoms with Crippen molar-refractivity contribution in [3.63, 3.8) is 0 Å². The molecule has 0 N–H and O–H groups in total. The molecule has 3 rings (SSSR count). The van der Waals surface area contributed by atoms with Gasteiger partial charge in [-0.15, -0.1) is 0 Å². The lowest BCUT2D eigenvalue weighted by Gasteiger charge is -2.26. The summed E-state index contributed by atoms with van der Waals surface area (Å²) in [6.45, 7) is 1.34. The molecule has 2 fully saturated rings. The maximum atomic E-state index is 12.6. The Morgan fingerprint density at radius 3 is 2.13 bits per heavy atom. The molecule has 0 atom stereocenters. The number of aryl methyl sites for hydroxylation is 1. The first-order valence-corrected chi connectivity index (χ1v) is 10.7. The Hall–Kier alpha value is -0.870. The van der Waals surface area contributed by atoms with E-state index in [-0.39, 0.29) is 0 Å². The van der Waals surface area contributed by atoms with Crippen molar-refractivity contribution in [3.05, 3.63) is 29.8 Å². The third-order valence-corrected chi connectivity index (χ3v) is 7.36. The van der Waals surface area contributed by atoms with Crippen molar-refractivity contribution in [3.8, 4) is 0 Å². The highest BCUT2D eigenvalue weighted by Crippen LogP contribution is 2.28. The van der Waals surface area contributed by atoms with Crippen LogP contribution in [0.25, 0.3) is 0 Å². The molecule has 0 unspecified atom stereocenters. The van der Waals surface area contributed by atoms with Gasteiger partial charge in [-0.25, -0.2) is 8.42 Å². The Bertz CT molecular complexity index is 582. The van der Waals surface area contributed by atoms with E-state index in [1.54, 1.807) is 16.4 Å². The van der Waals surface area contributed by atoms with Crippen molar-refractivity contribution in [2.45, 2.75) is 69.1 Å². The third kappa shape index (κ3) is 4.36. The molecule has 0 spiro atoms. The highest BCUT2D eigenvalue weighted by Gasteiger charge is 2.25. The molecular formula is C19H29NO2S. The van der Waals surface area contributed by atoms with E-state index in [9.17, 15) is 8.42 Å². The summed E-state index contributed by atoms with van der Waals surface area (Å²) in [5, 5.41) is 0. The summed E-state index contributed by atoms with van der Waals surface area (Å²) in [7, 11) is -3.28. The van der Waals surface area contributed by atoms with Crippen LogP contribution >= 0.6 is 0 Å². The van der Waals surface area contributed by atoms with Crippen LogP contribution in [-0.2, 0) is 16.4 Å². The Morgan fingerprint density at radius 2 is 1.48 bits per heavy atom. The second kappa shape index (κ2) is 7.80. The van der Waals surface area contributed by atoms with Crippen LogP contribution in [0.2, 0.25) is 0 Å². The van der Waals surface area contributed by atoms with E-state index in [1.165, 1.54) is 44.1 Å². The van der Waals surface area contributed by atoms with Gasteiger partial charge in [-0.2, -0.15) is 4.31 Å². The molecule has 1 heterocycles. The smallest absolute Gasteiger partial charge is 0.207 e. The second-order valence-corrected chi connectivity index (χ2v) is 9.09. The monoisotopic (exact) mass is 335 g/mol. The maximum absolute atomic E-state index is 12.6. The van der Waals surface area contributed by atoms with E-state index in [0.717, 1.165) is 31.6 Å². The van der Waals surface area contributed by atoms with Crippen LogP contribution in [0.15, 0.2) is 29.2 Å². The average Bonchev–Trinajstić information content (AvgIpc) is 2.62. The van der Waals surface area contributed by atoms with E-state index in [0.29, 0.717) is 18.0 Å². The normalized spacial score (nSPS) is 21.4. The molecule has 1 saturated heterocycles. The first-order valence-electron chi connectivity index (χ1n) is 9.25. The maximum Gasteiger partial charge on any atom is 0.243 e. The number of benzene rings is 1. The van der Waals surface area contributed by atoms with Gasteiger partial charge in [-0.1, -0.05) is 50.7 Å². The van der Waals surface area contributed by atoms with Crippen molar-refractivity contribution < 1.29 is 8.42 Å². The van der Waals surface area contributed by atoms with Gasteiger partial charge in [-0.05, 0) is 49.3 Å². The van der Waals surface area contributed by atoms with Gasteiger partial charge >= 0.3 is 0 Å². The van der Waals surface area contributed by atoms with Crippen LogP contribution in [0.4, 0.5) is 0 Å². The lowest BCUT2D eigenvalue weighted by Crippen LogP contribution is -2.35. The van der Waals surface area contributed by atoms with Crippen LogP contribution in [0, 0.1) is 5.92 Å². The summed E-state index contributed by atoms with van der Waals surface area (Å²) in [6, 6.07) is 7.64. The third-order valence-electron chi connectivity index (χ3n) is 5.44. The molecule has 23 heavy (non-hydrogen) atoms. The Kier molecular flexibility index (Phi) is 5.76. The van der Waals surface area contributed by atoms with Crippen molar-refractivity contribution in [2.24, 2.45) is 5.92 Å². The number of nitrogens with zero attached hydrogens (tertiary/aromatic N) is 1. The number of hydrogen-bond acceptors (Lipinski definition) is 2. The fourth-order valence-corrected chi connectivity index (χ4v) is 5.45. The molecule has 0 radical (unpaired) electrons. The van der Waals surface area contributed by atoms with E-state index < -0.39 is 10.0 Å². The predicted octanol–water partition coefficient (Wildman–Crippen LogP) is 4.37. The molecule has 1 aliphatic carbocycles. The summed E-state index contributed by atoms with van der Waals surface area (Å²) in [5.74, 6) is 0.875. The predicted molar refractivity (Wildman–Crippen MR) is 93.9 cm³/mol. The van der Waals surface area contributed by atoms with Crippen molar-refractivity contribution in [1.29, 1.82) is 0 Å². The SMILES string of the molecule is O=S(=O)(c1ccc(CCC2CCCCC2)cc1)N1CCCCC1. The van der Waals surface area contributed by atoms with Gasteiger partial charge in [0.1, 0.15) is 0 Å². The molecule has 1 aromatic rings. The zero-order valence-corrected chi connectivity index (χ0v) is 14.9. The minimum Gasteiger partial charge on any atom is -0.207 e. The number of sulfonamides is 1. The standard InChI is InChI=1S/C19H29NO2S/c21-23(22,20-15-5-2-6-16-20)19-13-11-18(12-14-19)10-9-17-7-3-1-4-8-17/h11-14,17H,1-10,15-16H2. The molecule has 4 heteroatoms. The lowest BCUT2D eigenvalue weighted by atomic mass is 9.85. The molecule has 0 aromatic heterocycles. The molecule has 3 nitrogen and oxygen atoms in total. The molecule has 1 aromatic carbocycles. The quantitative estimate of drug-likeness (QED) is 0.801. The van der Waals surface area contributed by atoms with Crippen LogP contribution in [0.5, 0.6) is 0 Å². The molecule has 128 valence electrons. The summed E-state index contributed by atoms with van der Waals surface area (Å²) in [4.78, 5) is 0.459. The van der Waals surface area contributed by atoms with Crippen LogP contribution in [-0.4, -0.2) is 25.8 Å². The van der Waals surface area contributed by atoms with E-state index in [4.69, 9.17) is 0 Å². The number of piperidine rings is 1. The molecule has 0 bridgehead atoms. The fourth-order valence-electron chi connectivity index (χ4n) is 3.93. The minimum atomic E-state index is -3.28. The van der Waals surface area contributed by atoms with Gasteiger partial charge in [0, 0.05) is 13.1 Å². The summed E-state index contributed by atoms with van der Waals surface area (Å²) in [5.41, 5.74) is 1.27. The summed E-state index contributed by atoms with van der Waals surface area (Å²) in [6.07, 6.45) is 12.4. The largest absolute Gasteiger partial charge is 0.243 e. The van der Waals surface area contributed by atoms with E-state index in [2.05, 4.69) is 0 Å². The molecular weight excluding hydrogens is 306 g/mol. The van der Waals surface area contributed by atoms with Gasteiger partial charge in [0.25, 0.3) is 0 Å². The van der Waals surface area contributed by atoms with E-state index >= 15 is 0 Å². The van der Waals surface area contributed by atoms with Gasteiger partial charge in [0.05, 0.1) is 4.90 Å². The first-order chi connectivity index (χ1) is 11.2. The molecule has 1 aliphatic heterocycles. The number of hydrogen-bond donors (Lipinski definition) is 0. The fraction of sp³-hybridized carbons (Fsp3) is 0.684. The minimum absolute atomic E-state index is 0.459. The van der Waals surface area contributed by atoms with Gasteiger partial charge in [-0.3, -0.25) is 0 Å². The highest BCUT2D eigenvalue weighted by atomic mass is 32.2. The van der Waals surface area contributed by atoms with Crippen molar-refractivity contribution in [2.75, 3.05) is 13.1 Å². The molecule has 0 amide bonds. The average molecular weight is 336 g/mol. The zero-order valence-electron chi connectivity index (χ0n) is 14.0. The topological polar surface area (TPSA) is 37.4 Å². The Balaban J connectivity index is 1.59. The molecule has 2 aliphatic rings. The first kappa shape index (κ1) is 17.0.